The number of hydrogen-bond acceptors (Lipinski definition) is 3. The second-order valence-electron chi connectivity index (χ2n) is 3.82. The molecule has 0 aliphatic carbocycles. The standard InChI is InChI=1S/C11H9ClF3N3/c1-5-2-6(12)3-7-8(18-16)4-9(11(13,14)15)17-10(5)7/h2-4H,16H2,1H3,(H,17,18). The molecule has 0 saturated carbocycles. The van der Waals surface area contributed by atoms with Gasteiger partial charge in [0.15, 0.2) is 0 Å². The van der Waals surface area contributed by atoms with Crippen molar-refractivity contribution in [3.63, 3.8) is 0 Å². The van der Waals surface area contributed by atoms with Gasteiger partial charge >= 0.3 is 6.18 Å². The second-order valence-corrected chi connectivity index (χ2v) is 4.25. The van der Waals surface area contributed by atoms with E-state index in [9.17, 15) is 13.2 Å². The second kappa shape index (κ2) is 4.29. The first-order valence-electron chi connectivity index (χ1n) is 4.97. The van der Waals surface area contributed by atoms with Crippen LogP contribution in [0.1, 0.15) is 11.3 Å². The predicted octanol–water partition coefficient (Wildman–Crippen LogP) is 3.50. The summed E-state index contributed by atoms with van der Waals surface area (Å²) in [6, 6.07) is 3.93. The monoisotopic (exact) mass is 275 g/mol. The summed E-state index contributed by atoms with van der Waals surface area (Å²) in [5.41, 5.74) is 2.16. The Morgan fingerprint density at radius 3 is 2.50 bits per heavy atom. The average molecular weight is 276 g/mol. The van der Waals surface area contributed by atoms with Crippen molar-refractivity contribution in [1.29, 1.82) is 0 Å². The highest BCUT2D eigenvalue weighted by Crippen LogP contribution is 2.34. The maximum Gasteiger partial charge on any atom is 0.433 e. The predicted molar refractivity (Wildman–Crippen MR) is 64.3 cm³/mol. The van der Waals surface area contributed by atoms with Gasteiger partial charge in [0.1, 0.15) is 5.69 Å². The van der Waals surface area contributed by atoms with E-state index in [1.165, 1.54) is 6.07 Å². The van der Waals surface area contributed by atoms with Crippen molar-refractivity contribution >= 4 is 28.2 Å². The molecule has 0 radical (unpaired) electrons. The summed E-state index contributed by atoms with van der Waals surface area (Å²) < 4.78 is 38.1. The van der Waals surface area contributed by atoms with Crippen LogP contribution >= 0.6 is 11.6 Å². The van der Waals surface area contributed by atoms with E-state index >= 15 is 0 Å². The Kier molecular flexibility index (Phi) is 3.08. The van der Waals surface area contributed by atoms with Crippen LogP contribution in [0.15, 0.2) is 18.2 Å². The minimum Gasteiger partial charge on any atom is -0.323 e. The highest BCUT2D eigenvalue weighted by atomic mass is 35.5. The van der Waals surface area contributed by atoms with Gasteiger partial charge in [-0.1, -0.05) is 11.6 Å². The number of nitrogens with two attached hydrogens (primary N) is 1. The van der Waals surface area contributed by atoms with Gasteiger partial charge in [-0.05, 0) is 30.7 Å². The molecule has 0 unspecified atom stereocenters. The molecule has 18 heavy (non-hydrogen) atoms. The molecule has 0 saturated heterocycles. The summed E-state index contributed by atoms with van der Waals surface area (Å²) in [6.45, 7) is 1.64. The molecule has 0 atom stereocenters. The zero-order valence-electron chi connectivity index (χ0n) is 9.27. The molecule has 7 heteroatoms. The SMILES string of the molecule is Cc1cc(Cl)cc2c(NN)cc(C(F)(F)F)nc12. The summed E-state index contributed by atoms with van der Waals surface area (Å²) in [4.78, 5) is 3.62. The van der Waals surface area contributed by atoms with E-state index in [2.05, 4.69) is 10.4 Å². The van der Waals surface area contributed by atoms with Crippen LogP contribution in [0.5, 0.6) is 0 Å². The van der Waals surface area contributed by atoms with Crippen molar-refractivity contribution in [2.24, 2.45) is 5.84 Å². The van der Waals surface area contributed by atoms with Crippen molar-refractivity contribution < 1.29 is 13.2 Å². The van der Waals surface area contributed by atoms with Gasteiger partial charge in [-0.3, -0.25) is 5.84 Å². The Balaban J connectivity index is 2.84. The van der Waals surface area contributed by atoms with Gasteiger partial charge in [0, 0.05) is 10.4 Å². The number of aryl methyl sites for hydroxylation is 1. The summed E-state index contributed by atoms with van der Waals surface area (Å²) in [7, 11) is 0. The lowest BCUT2D eigenvalue weighted by Gasteiger charge is -2.12. The number of alkyl halides is 3. The van der Waals surface area contributed by atoms with Crippen molar-refractivity contribution in [3.05, 3.63) is 34.5 Å². The Morgan fingerprint density at radius 2 is 1.94 bits per heavy atom. The number of anilines is 1. The molecule has 1 aromatic carbocycles. The largest absolute Gasteiger partial charge is 0.433 e. The number of hydrazine groups is 1. The van der Waals surface area contributed by atoms with Crippen LogP contribution in [0.2, 0.25) is 5.02 Å². The van der Waals surface area contributed by atoms with E-state index in [1.807, 2.05) is 0 Å². The van der Waals surface area contributed by atoms with Gasteiger partial charge in [-0.15, -0.1) is 0 Å². The maximum absolute atomic E-state index is 12.7. The molecule has 3 N–H and O–H groups in total. The molecule has 2 aromatic rings. The minimum absolute atomic E-state index is 0.137. The van der Waals surface area contributed by atoms with Gasteiger partial charge in [-0.25, -0.2) is 4.98 Å². The van der Waals surface area contributed by atoms with Gasteiger partial charge < -0.3 is 5.43 Å². The molecule has 1 heterocycles. The summed E-state index contributed by atoms with van der Waals surface area (Å²) in [5, 5.41) is 0.869. The summed E-state index contributed by atoms with van der Waals surface area (Å²) in [5.74, 6) is 5.24. The number of fused-ring (bicyclic) bond motifs is 1. The third-order valence-corrected chi connectivity index (χ3v) is 2.73. The number of benzene rings is 1. The van der Waals surface area contributed by atoms with Gasteiger partial charge in [0.25, 0.3) is 0 Å². The molecule has 3 nitrogen and oxygen atoms in total. The lowest BCUT2D eigenvalue weighted by Crippen LogP contribution is -2.13. The van der Waals surface area contributed by atoms with Crippen LogP contribution in [0.4, 0.5) is 18.9 Å². The van der Waals surface area contributed by atoms with E-state index in [-0.39, 0.29) is 11.2 Å². The highest BCUT2D eigenvalue weighted by Gasteiger charge is 2.33. The third-order valence-electron chi connectivity index (χ3n) is 2.51. The molecule has 0 aliphatic heterocycles. The van der Waals surface area contributed by atoms with Crippen LogP contribution in [0.3, 0.4) is 0 Å². The lowest BCUT2D eigenvalue weighted by atomic mass is 10.1. The number of nitrogens with one attached hydrogen (secondary N) is 1. The number of hydrogen-bond donors (Lipinski definition) is 2. The van der Waals surface area contributed by atoms with E-state index in [4.69, 9.17) is 17.4 Å². The molecule has 0 bridgehead atoms. The fourth-order valence-electron chi connectivity index (χ4n) is 1.72. The van der Waals surface area contributed by atoms with E-state index in [0.29, 0.717) is 16.0 Å². The topological polar surface area (TPSA) is 50.9 Å². The van der Waals surface area contributed by atoms with Crippen LogP contribution in [0.25, 0.3) is 10.9 Å². The fraction of sp³-hybridized carbons (Fsp3) is 0.182. The van der Waals surface area contributed by atoms with Crippen molar-refractivity contribution in [1.82, 2.24) is 4.98 Å². The van der Waals surface area contributed by atoms with Gasteiger partial charge in [0.05, 0.1) is 11.2 Å². The first kappa shape index (κ1) is 12.9. The molecule has 2 rings (SSSR count). The molecule has 0 fully saturated rings. The number of pyridine rings is 1. The summed E-state index contributed by atoms with van der Waals surface area (Å²) in [6.07, 6.45) is -4.52. The van der Waals surface area contributed by atoms with Crippen LogP contribution in [-0.4, -0.2) is 4.98 Å². The van der Waals surface area contributed by atoms with Crippen LogP contribution < -0.4 is 11.3 Å². The van der Waals surface area contributed by atoms with E-state index in [0.717, 1.165) is 6.07 Å². The fourth-order valence-corrected chi connectivity index (χ4v) is 1.99. The Hall–Kier alpha value is -1.53. The van der Waals surface area contributed by atoms with Crippen molar-refractivity contribution in [2.45, 2.75) is 13.1 Å². The minimum atomic E-state index is -4.52. The Bertz CT molecular complexity index is 610. The number of rotatable bonds is 1. The molecule has 1 aromatic heterocycles. The third kappa shape index (κ3) is 2.21. The average Bonchev–Trinajstić information content (AvgIpc) is 2.26. The zero-order chi connectivity index (χ0) is 13.5. The van der Waals surface area contributed by atoms with E-state index < -0.39 is 11.9 Å². The van der Waals surface area contributed by atoms with Crippen molar-refractivity contribution in [2.75, 3.05) is 5.43 Å². The van der Waals surface area contributed by atoms with Crippen LogP contribution in [0, 0.1) is 6.92 Å². The first-order valence-corrected chi connectivity index (χ1v) is 5.35. The molecular weight excluding hydrogens is 267 g/mol. The van der Waals surface area contributed by atoms with E-state index in [1.54, 1.807) is 13.0 Å². The smallest absolute Gasteiger partial charge is 0.323 e. The van der Waals surface area contributed by atoms with Crippen molar-refractivity contribution in [3.8, 4) is 0 Å². The first-order chi connectivity index (χ1) is 8.32. The Labute approximate surface area is 106 Å². The summed E-state index contributed by atoms with van der Waals surface area (Å²) >= 11 is 5.86. The molecule has 0 aliphatic rings. The highest BCUT2D eigenvalue weighted by molar-refractivity contribution is 6.31. The molecular formula is C11H9ClF3N3. The Morgan fingerprint density at radius 1 is 1.28 bits per heavy atom. The number of halogens is 4. The maximum atomic E-state index is 12.7. The molecule has 0 amide bonds. The quantitative estimate of drug-likeness (QED) is 0.619. The van der Waals surface area contributed by atoms with Gasteiger partial charge in [0.2, 0.25) is 0 Å². The number of nitrogens with zero attached hydrogens (tertiary/aromatic N) is 1. The normalized spacial score (nSPS) is 11.9. The number of nitrogen functional groups attached to an aromatic ring is 1. The van der Waals surface area contributed by atoms with Crippen LogP contribution in [-0.2, 0) is 6.18 Å². The van der Waals surface area contributed by atoms with Gasteiger partial charge in [-0.2, -0.15) is 13.2 Å². The zero-order valence-corrected chi connectivity index (χ0v) is 10.0. The lowest BCUT2D eigenvalue weighted by molar-refractivity contribution is -0.140. The molecule has 0 spiro atoms. The molecule has 96 valence electrons. The number of aromatic nitrogens is 1.